The van der Waals surface area contributed by atoms with E-state index in [1.807, 2.05) is 13.8 Å². The lowest BCUT2D eigenvalue weighted by Gasteiger charge is -2.11. The SMILES string of the molecule is C#Cc1c(F)ccc2cncc(C(C)C)c12. The van der Waals surface area contributed by atoms with E-state index in [9.17, 15) is 4.39 Å². The molecule has 0 aliphatic carbocycles. The van der Waals surface area contributed by atoms with Crippen LogP contribution < -0.4 is 0 Å². The zero-order valence-corrected chi connectivity index (χ0v) is 9.29. The Morgan fingerprint density at radius 3 is 2.69 bits per heavy atom. The molecule has 1 aromatic heterocycles. The fourth-order valence-corrected chi connectivity index (χ4v) is 1.85. The fraction of sp³-hybridized carbons (Fsp3) is 0.214. The van der Waals surface area contributed by atoms with Gasteiger partial charge >= 0.3 is 0 Å². The van der Waals surface area contributed by atoms with E-state index in [2.05, 4.69) is 10.9 Å². The predicted molar refractivity (Wildman–Crippen MR) is 63.7 cm³/mol. The highest BCUT2D eigenvalue weighted by atomic mass is 19.1. The van der Waals surface area contributed by atoms with E-state index in [-0.39, 0.29) is 11.7 Å². The molecule has 2 rings (SSSR count). The van der Waals surface area contributed by atoms with E-state index in [4.69, 9.17) is 6.42 Å². The summed E-state index contributed by atoms with van der Waals surface area (Å²) in [5, 5.41) is 1.70. The molecule has 0 bridgehead atoms. The minimum absolute atomic E-state index is 0.269. The molecule has 2 heteroatoms. The predicted octanol–water partition coefficient (Wildman–Crippen LogP) is 3.48. The average molecular weight is 213 g/mol. The molecular formula is C14H12FN. The van der Waals surface area contributed by atoms with E-state index >= 15 is 0 Å². The van der Waals surface area contributed by atoms with Crippen LogP contribution in [0.3, 0.4) is 0 Å². The molecule has 0 spiro atoms. The smallest absolute Gasteiger partial charge is 0.139 e. The molecule has 0 aliphatic heterocycles. The second kappa shape index (κ2) is 3.94. The Labute approximate surface area is 94.3 Å². The number of benzene rings is 1. The Kier molecular flexibility index (Phi) is 2.62. The maximum atomic E-state index is 13.6. The van der Waals surface area contributed by atoms with Crippen molar-refractivity contribution in [2.24, 2.45) is 0 Å². The number of halogens is 1. The Hall–Kier alpha value is -1.88. The molecule has 0 aliphatic rings. The standard InChI is InChI=1S/C14H12FN/c1-4-11-13(15)6-5-10-7-16-8-12(9(2)3)14(10)11/h1,5-9H,2-3H3. The molecule has 0 atom stereocenters. The third-order valence-electron chi connectivity index (χ3n) is 2.67. The third-order valence-corrected chi connectivity index (χ3v) is 2.67. The van der Waals surface area contributed by atoms with Gasteiger partial charge in [-0.05, 0) is 23.6 Å². The van der Waals surface area contributed by atoms with Crippen LogP contribution in [0, 0.1) is 18.2 Å². The van der Waals surface area contributed by atoms with Crippen molar-refractivity contribution in [3.05, 3.63) is 41.5 Å². The normalized spacial score (nSPS) is 10.7. The van der Waals surface area contributed by atoms with Gasteiger partial charge < -0.3 is 0 Å². The van der Waals surface area contributed by atoms with Gasteiger partial charge in [-0.15, -0.1) is 6.42 Å². The van der Waals surface area contributed by atoms with Crippen LogP contribution in [0.2, 0.25) is 0 Å². The molecule has 2 aromatic rings. The quantitative estimate of drug-likeness (QED) is 0.661. The van der Waals surface area contributed by atoms with Gasteiger partial charge in [0, 0.05) is 23.2 Å². The summed E-state index contributed by atoms with van der Waals surface area (Å²) in [7, 11) is 0. The Balaban J connectivity index is 2.94. The number of rotatable bonds is 1. The molecule has 0 saturated heterocycles. The van der Waals surface area contributed by atoms with Crippen LogP contribution in [0.15, 0.2) is 24.5 Å². The summed E-state index contributed by atoms with van der Waals surface area (Å²) in [4.78, 5) is 4.15. The molecular weight excluding hydrogens is 201 g/mol. The van der Waals surface area contributed by atoms with Gasteiger partial charge in [0.2, 0.25) is 0 Å². The Bertz CT molecular complexity index is 579. The number of aromatic nitrogens is 1. The van der Waals surface area contributed by atoms with Crippen LogP contribution in [0.4, 0.5) is 4.39 Å². The number of pyridine rings is 1. The van der Waals surface area contributed by atoms with Crippen LogP contribution in [-0.4, -0.2) is 4.98 Å². The van der Waals surface area contributed by atoms with E-state index in [1.165, 1.54) is 6.07 Å². The van der Waals surface area contributed by atoms with E-state index in [0.717, 1.165) is 16.3 Å². The molecule has 0 unspecified atom stereocenters. The van der Waals surface area contributed by atoms with Crippen LogP contribution in [-0.2, 0) is 0 Å². The second-order valence-corrected chi connectivity index (χ2v) is 4.05. The highest BCUT2D eigenvalue weighted by molar-refractivity contribution is 5.90. The van der Waals surface area contributed by atoms with Crippen LogP contribution in [0.25, 0.3) is 10.8 Å². The van der Waals surface area contributed by atoms with Gasteiger partial charge in [-0.2, -0.15) is 0 Å². The van der Waals surface area contributed by atoms with E-state index in [1.54, 1.807) is 18.5 Å². The van der Waals surface area contributed by atoms with Gasteiger partial charge in [-0.1, -0.05) is 19.8 Å². The molecule has 1 nitrogen and oxygen atoms in total. The number of fused-ring (bicyclic) bond motifs is 1. The maximum Gasteiger partial charge on any atom is 0.139 e. The van der Waals surface area contributed by atoms with Gasteiger partial charge in [0.25, 0.3) is 0 Å². The zero-order chi connectivity index (χ0) is 11.7. The van der Waals surface area contributed by atoms with Crippen molar-refractivity contribution in [3.63, 3.8) is 0 Å². The Morgan fingerprint density at radius 2 is 2.06 bits per heavy atom. The summed E-state index contributed by atoms with van der Waals surface area (Å²) >= 11 is 0. The molecule has 0 fully saturated rings. The van der Waals surface area contributed by atoms with Gasteiger partial charge in [0.15, 0.2) is 0 Å². The summed E-state index contributed by atoms with van der Waals surface area (Å²) < 4.78 is 13.6. The number of hydrogen-bond acceptors (Lipinski definition) is 1. The monoisotopic (exact) mass is 213 g/mol. The van der Waals surface area contributed by atoms with Crippen molar-refractivity contribution in [1.82, 2.24) is 4.98 Å². The van der Waals surface area contributed by atoms with E-state index < -0.39 is 0 Å². The second-order valence-electron chi connectivity index (χ2n) is 4.05. The fourth-order valence-electron chi connectivity index (χ4n) is 1.85. The first-order chi connectivity index (χ1) is 7.65. The average Bonchev–Trinajstić information content (AvgIpc) is 2.28. The lowest BCUT2D eigenvalue weighted by molar-refractivity contribution is 0.626. The first-order valence-electron chi connectivity index (χ1n) is 5.18. The summed E-state index contributed by atoms with van der Waals surface area (Å²) in [5.74, 6) is 2.36. The number of terminal acetylenes is 1. The van der Waals surface area contributed by atoms with Crippen LogP contribution in [0.5, 0.6) is 0 Å². The van der Waals surface area contributed by atoms with Crippen molar-refractivity contribution in [3.8, 4) is 12.3 Å². The lowest BCUT2D eigenvalue weighted by Crippen LogP contribution is -1.95. The minimum Gasteiger partial charge on any atom is -0.264 e. The van der Waals surface area contributed by atoms with Gasteiger partial charge in [0.05, 0.1) is 5.56 Å². The first kappa shape index (κ1) is 10.6. The van der Waals surface area contributed by atoms with Crippen molar-refractivity contribution in [2.75, 3.05) is 0 Å². The number of hydrogen-bond donors (Lipinski definition) is 0. The highest BCUT2D eigenvalue weighted by Crippen LogP contribution is 2.28. The first-order valence-corrected chi connectivity index (χ1v) is 5.18. The molecule has 1 aromatic carbocycles. The summed E-state index contributed by atoms with van der Waals surface area (Å²) in [5.41, 5.74) is 1.33. The van der Waals surface area contributed by atoms with E-state index in [0.29, 0.717) is 5.56 Å². The van der Waals surface area contributed by atoms with Crippen LogP contribution in [0.1, 0.15) is 30.9 Å². The topological polar surface area (TPSA) is 12.9 Å². The van der Waals surface area contributed by atoms with Gasteiger partial charge in [0.1, 0.15) is 5.82 Å². The lowest BCUT2D eigenvalue weighted by atomic mass is 9.95. The minimum atomic E-state index is -0.344. The third kappa shape index (κ3) is 1.55. The summed E-state index contributed by atoms with van der Waals surface area (Å²) in [6.45, 7) is 4.09. The van der Waals surface area contributed by atoms with Gasteiger partial charge in [-0.25, -0.2) is 4.39 Å². The van der Waals surface area contributed by atoms with Crippen molar-refractivity contribution < 1.29 is 4.39 Å². The van der Waals surface area contributed by atoms with Crippen molar-refractivity contribution in [1.29, 1.82) is 0 Å². The molecule has 1 heterocycles. The molecule has 0 radical (unpaired) electrons. The maximum absolute atomic E-state index is 13.6. The summed E-state index contributed by atoms with van der Waals surface area (Å²) in [6.07, 6.45) is 8.84. The molecule has 0 amide bonds. The molecule has 0 N–H and O–H groups in total. The van der Waals surface area contributed by atoms with Crippen molar-refractivity contribution in [2.45, 2.75) is 19.8 Å². The Morgan fingerprint density at radius 1 is 1.31 bits per heavy atom. The molecule has 0 saturated carbocycles. The molecule has 16 heavy (non-hydrogen) atoms. The number of nitrogens with zero attached hydrogens (tertiary/aromatic N) is 1. The zero-order valence-electron chi connectivity index (χ0n) is 9.29. The largest absolute Gasteiger partial charge is 0.264 e. The molecule has 80 valence electrons. The highest BCUT2D eigenvalue weighted by Gasteiger charge is 2.12. The van der Waals surface area contributed by atoms with Gasteiger partial charge in [-0.3, -0.25) is 4.98 Å². The summed E-state index contributed by atoms with van der Waals surface area (Å²) in [6, 6.07) is 3.10. The van der Waals surface area contributed by atoms with Crippen LogP contribution >= 0.6 is 0 Å². The van der Waals surface area contributed by atoms with Crippen molar-refractivity contribution >= 4 is 10.8 Å².